The van der Waals surface area contributed by atoms with E-state index in [2.05, 4.69) is 28.5 Å². The Morgan fingerprint density at radius 1 is 1.19 bits per heavy atom. The Kier molecular flexibility index (Phi) is 3.31. The second kappa shape index (κ2) is 5.31. The number of ether oxygens (including phenoxy) is 1. The standard InChI is InChI=1S/C16H17N3OS/c1-2-12-10-13(3-4-14(12)17-7-1)18-15-19-16(11-21-15)5-8-20-9-6-16/h1-4,7,10H,5-6,8-9,11H2,(H,18,19). The molecule has 5 heteroatoms. The second-order valence-corrected chi connectivity index (χ2v) is 6.54. The van der Waals surface area contributed by atoms with Crippen LogP contribution in [0.4, 0.5) is 5.69 Å². The Labute approximate surface area is 128 Å². The number of thioether (sulfide) groups is 1. The SMILES string of the molecule is c1cnc2ccc(NC3=NC4(CCOCC4)CS3)cc2c1. The number of rotatable bonds is 1. The molecule has 1 saturated heterocycles. The Balaban J connectivity index is 1.56. The minimum absolute atomic E-state index is 0.101. The van der Waals surface area contributed by atoms with Gasteiger partial charge in [-0.3, -0.25) is 9.98 Å². The van der Waals surface area contributed by atoms with E-state index in [1.54, 1.807) is 0 Å². The summed E-state index contributed by atoms with van der Waals surface area (Å²) in [6, 6.07) is 10.3. The number of benzene rings is 1. The summed E-state index contributed by atoms with van der Waals surface area (Å²) in [6.45, 7) is 1.66. The molecule has 2 aliphatic heterocycles. The summed E-state index contributed by atoms with van der Waals surface area (Å²) < 4.78 is 5.45. The van der Waals surface area contributed by atoms with Gasteiger partial charge in [0.15, 0.2) is 5.17 Å². The van der Waals surface area contributed by atoms with Crippen molar-refractivity contribution in [1.29, 1.82) is 0 Å². The van der Waals surface area contributed by atoms with Gasteiger partial charge in [-0.1, -0.05) is 17.8 Å². The maximum Gasteiger partial charge on any atom is 0.161 e. The van der Waals surface area contributed by atoms with Crippen molar-refractivity contribution in [3.63, 3.8) is 0 Å². The minimum Gasteiger partial charge on any atom is -0.381 e. The van der Waals surface area contributed by atoms with Crippen LogP contribution in [0.5, 0.6) is 0 Å². The van der Waals surface area contributed by atoms with Crippen LogP contribution in [-0.4, -0.2) is 34.7 Å². The zero-order chi connectivity index (χ0) is 14.1. The second-order valence-electron chi connectivity index (χ2n) is 5.58. The maximum absolute atomic E-state index is 5.45. The van der Waals surface area contributed by atoms with E-state index in [-0.39, 0.29) is 5.54 Å². The van der Waals surface area contributed by atoms with Crippen molar-refractivity contribution in [2.45, 2.75) is 18.4 Å². The van der Waals surface area contributed by atoms with Crippen LogP contribution in [0.2, 0.25) is 0 Å². The highest BCUT2D eigenvalue weighted by molar-refractivity contribution is 8.14. The van der Waals surface area contributed by atoms with E-state index >= 15 is 0 Å². The van der Waals surface area contributed by atoms with Crippen LogP contribution >= 0.6 is 11.8 Å². The molecule has 3 heterocycles. The summed E-state index contributed by atoms with van der Waals surface area (Å²) in [5.41, 5.74) is 2.19. The van der Waals surface area contributed by atoms with Gasteiger partial charge in [-0.15, -0.1) is 0 Å². The fourth-order valence-corrected chi connectivity index (χ4v) is 4.04. The molecule has 1 aromatic heterocycles. The lowest BCUT2D eigenvalue weighted by Crippen LogP contribution is -2.34. The Morgan fingerprint density at radius 3 is 3.00 bits per heavy atom. The molecule has 1 spiro atoms. The first-order chi connectivity index (χ1) is 10.3. The molecule has 1 aromatic carbocycles. The Morgan fingerprint density at radius 2 is 2.10 bits per heavy atom. The van der Waals surface area contributed by atoms with Crippen molar-refractivity contribution in [2.24, 2.45) is 4.99 Å². The molecule has 2 aromatic rings. The fourth-order valence-electron chi connectivity index (χ4n) is 2.83. The van der Waals surface area contributed by atoms with Crippen molar-refractivity contribution < 1.29 is 4.74 Å². The molecule has 108 valence electrons. The maximum atomic E-state index is 5.45. The van der Waals surface area contributed by atoms with Crippen LogP contribution in [0, 0.1) is 0 Å². The zero-order valence-electron chi connectivity index (χ0n) is 11.7. The van der Waals surface area contributed by atoms with Crippen molar-refractivity contribution in [3.8, 4) is 0 Å². The highest BCUT2D eigenvalue weighted by Gasteiger charge is 2.37. The summed E-state index contributed by atoms with van der Waals surface area (Å²) >= 11 is 1.82. The first kappa shape index (κ1) is 13.1. The number of nitrogens with zero attached hydrogens (tertiary/aromatic N) is 2. The summed E-state index contributed by atoms with van der Waals surface area (Å²) in [7, 11) is 0. The molecule has 4 rings (SSSR count). The molecule has 0 amide bonds. The smallest absolute Gasteiger partial charge is 0.161 e. The van der Waals surface area contributed by atoms with Gasteiger partial charge in [-0.05, 0) is 37.1 Å². The average Bonchev–Trinajstić information content (AvgIpc) is 2.90. The Bertz CT molecular complexity index is 695. The van der Waals surface area contributed by atoms with Gasteiger partial charge in [0.2, 0.25) is 0 Å². The molecular formula is C16H17N3OS. The van der Waals surface area contributed by atoms with E-state index in [0.29, 0.717) is 0 Å². The molecule has 0 radical (unpaired) electrons. The number of pyridine rings is 1. The van der Waals surface area contributed by atoms with Crippen molar-refractivity contribution in [2.75, 3.05) is 24.3 Å². The van der Waals surface area contributed by atoms with Gasteiger partial charge >= 0.3 is 0 Å². The van der Waals surface area contributed by atoms with E-state index < -0.39 is 0 Å². The summed E-state index contributed by atoms with van der Waals surface area (Å²) in [5.74, 6) is 1.06. The molecule has 0 saturated carbocycles. The van der Waals surface area contributed by atoms with Crippen LogP contribution < -0.4 is 5.32 Å². The third-order valence-electron chi connectivity index (χ3n) is 4.09. The number of anilines is 1. The predicted molar refractivity (Wildman–Crippen MR) is 88.0 cm³/mol. The summed E-state index contributed by atoms with van der Waals surface area (Å²) in [4.78, 5) is 9.27. The molecule has 4 nitrogen and oxygen atoms in total. The zero-order valence-corrected chi connectivity index (χ0v) is 12.5. The van der Waals surface area contributed by atoms with Crippen molar-refractivity contribution in [3.05, 3.63) is 36.5 Å². The fraction of sp³-hybridized carbons (Fsp3) is 0.375. The number of fused-ring (bicyclic) bond motifs is 1. The predicted octanol–water partition coefficient (Wildman–Crippen LogP) is 3.30. The first-order valence-corrected chi connectivity index (χ1v) is 8.24. The van der Waals surface area contributed by atoms with E-state index in [9.17, 15) is 0 Å². The lowest BCUT2D eigenvalue weighted by Gasteiger charge is -2.29. The molecule has 0 aliphatic carbocycles. The minimum atomic E-state index is 0.101. The molecule has 1 fully saturated rings. The normalized spacial score (nSPS) is 20.7. The summed E-state index contributed by atoms with van der Waals surface area (Å²) in [6.07, 6.45) is 3.89. The molecule has 0 unspecified atom stereocenters. The number of aromatic nitrogens is 1. The highest BCUT2D eigenvalue weighted by Crippen LogP contribution is 2.36. The van der Waals surface area contributed by atoms with Crippen LogP contribution in [0.3, 0.4) is 0 Å². The molecule has 0 atom stereocenters. The van der Waals surface area contributed by atoms with Gasteiger partial charge in [0.05, 0.1) is 11.1 Å². The topological polar surface area (TPSA) is 46.5 Å². The first-order valence-electron chi connectivity index (χ1n) is 7.25. The lowest BCUT2D eigenvalue weighted by molar-refractivity contribution is 0.0624. The molecule has 21 heavy (non-hydrogen) atoms. The van der Waals surface area contributed by atoms with Crippen molar-refractivity contribution >= 4 is 33.5 Å². The van der Waals surface area contributed by atoms with Crippen molar-refractivity contribution in [1.82, 2.24) is 4.98 Å². The van der Waals surface area contributed by atoms with E-state index in [1.807, 2.05) is 30.1 Å². The molecule has 0 bridgehead atoms. The molecule has 1 N–H and O–H groups in total. The van der Waals surface area contributed by atoms with Crippen LogP contribution in [0.25, 0.3) is 10.9 Å². The van der Waals surface area contributed by atoms with Gasteiger partial charge in [0, 0.05) is 36.2 Å². The van der Waals surface area contributed by atoms with E-state index in [4.69, 9.17) is 9.73 Å². The molecular weight excluding hydrogens is 282 g/mol. The monoisotopic (exact) mass is 299 g/mol. The van der Waals surface area contributed by atoms with Gasteiger partial charge in [-0.2, -0.15) is 0 Å². The number of amidine groups is 1. The third kappa shape index (κ3) is 2.63. The van der Waals surface area contributed by atoms with Gasteiger partial charge in [0.25, 0.3) is 0 Å². The van der Waals surface area contributed by atoms with Crippen LogP contribution in [0.15, 0.2) is 41.5 Å². The van der Waals surface area contributed by atoms with Gasteiger partial charge in [0.1, 0.15) is 0 Å². The number of nitrogens with one attached hydrogen (secondary N) is 1. The summed E-state index contributed by atoms with van der Waals surface area (Å²) in [5, 5.41) is 5.62. The largest absolute Gasteiger partial charge is 0.381 e. The quantitative estimate of drug-likeness (QED) is 0.877. The average molecular weight is 299 g/mol. The van der Waals surface area contributed by atoms with Crippen LogP contribution in [0.1, 0.15) is 12.8 Å². The molecule has 2 aliphatic rings. The number of hydrogen-bond acceptors (Lipinski definition) is 5. The van der Waals surface area contributed by atoms with Crippen LogP contribution in [-0.2, 0) is 4.74 Å². The number of hydrogen-bond donors (Lipinski definition) is 1. The Hall–Kier alpha value is -1.59. The number of aliphatic imine (C=N–C) groups is 1. The van der Waals surface area contributed by atoms with Gasteiger partial charge in [-0.25, -0.2) is 0 Å². The van der Waals surface area contributed by atoms with Gasteiger partial charge < -0.3 is 10.1 Å². The lowest BCUT2D eigenvalue weighted by atomic mass is 9.93. The van der Waals surface area contributed by atoms with E-state index in [1.165, 1.54) is 0 Å². The highest BCUT2D eigenvalue weighted by atomic mass is 32.2. The third-order valence-corrected chi connectivity index (χ3v) is 5.24. The van der Waals surface area contributed by atoms with E-state index in [0.717, 1.165) is 53.6 Å².